The molecule has 26 heavy (non-hydrogen) atoms. The normalized spacial score (nSPS) is 19.0. The van der Waals surface area contributed by atoms with Crippen LogP contribution in [0.15, 0.2) is 24.8 Å². The number of rotatable bonds is 3. The van der Waals surface area contributed by atoms with Crippen LogP contribution in [0.4, 0.5) is 5.82 Å². The van der Waals surface area contributed by atoms with Crippen LogP contribution in [-0.2, 0) is 9.53 Å². The summed E-state index contributed by atoms with van der Waals surface area (Å²) in [5.74, 6) is 3.00. The first-order chi connectivity index (χ1) is 12.7. The molecule has 0 radical (unpaired) electrons. The lowest BCUT2D eigenvalue weighted by Gasteiger charge is -2.37. The van der Waals surface area contributed by atoms with Crippen molar-refractivity contribution in [1.29, 1.82) is 0 Å². The molecule has 138 valence electrons. The summed E-state index contributed by atoms with van der Waals surface area (Å²) in [5, 5.41) is 0. The zero-order chi connectivity index (χ0) is 17.9. The van der Waals surface area contributed by atoms with Gasteiger partial charge >= 0.3 is 0 Å². The van der Waals surface area contributed by atoms with E-state index >= 15 is 0 Å². The Balaban J connectivity index is 1.40. The van der Waals surface area contributed by atoms with E-state index in [0.29, 0.717) is 13.2 Å². The van der Waals surface area contributed by atoms with Crippen molar-refractivity contribution < 1.29 is 9.53 Å². The summed E-state index contributed by atoms with van der Waals surface area (Å²) in [7, 11) is 0. The van der Waals surface area contributed by atoms with Crippen molar-refractivity contribution in [2.24, 2.45) is 5.92 Å². The SMILES string of the molecule is Cc1nccn1-c1cc(N2CCN(C(=O)C3CCOCC3)CC2)ncn1. The minimum Gasteiger partial charge on any atom is -0.381 e. The van der Waals surface area contributed by atoms with E-state index in [1.54, 1.807) is 12.5 Å². The lowest BCUT2D eigenvalue weighted by Crippen LogP contribution is -2.51. The maximum absolute atomic E-state index is 12.7. The van der Waals surface area contributed by atoms with E-state index in [1.165, 1.54) is 0 Å². The van der Waals surface area contributed by atoms with E-state index in [1.807, 2.05) is 28.7 Å². The number of hydrogen-bond donors (Lipinski definition) is 0. The number of anilines is 1. The van der Waals surface area contributed by atoms with Crippen molar-refractivity contribution >= 4 is 11.7 Å². The third-order valence-corrected chi connectivity index (χ3v) is 5.20. The number of amides is 1. The Morgan fingerprint density at radius 1 is 1.08 bits per heavy atom. The molecule has 0 aromatic carbocycles. The van der Waals surface area contributed by atoms with Crippen LogP contribution < -0.4 is 4.90 Å². The lowest BCUT2D eigenvalue weighted by atomic mass is 9.98. The molecule has 0 bridgehead atoms. The third kappa shape index (κ3) is 3.41. The summed E-state index contributed by atoms with van der Waals surface area (Å²) in [6.45, 7) is 6.39. The van der Waals surface area contributed by atoms with Crippen molar-refractivity contribution in [3.05, 3.63) is 30.6 Å². The molecule has 0 N–H and O–H groups in total. The van der Waals surface area contributed by atoms with Crippen LogP contribution in [0.5, 0.6) is 0 Å². The van der Waals surface area contributed by atoms with Crippen LogP contribution in [0.3, 0.4) is 0 Å². The Hall–Kier alpha value is -2.48. The molecule has 2 aromatic rings. The number of nitrogens with zero attached hydrogens (tertiary/aromatic N) is 6. The molecule has 2 saturated heterocycles. The van der Waals surface area contributed by atoms with E-state index in [0.717, 1.165) is 56.5 Å². The fourth-order valence-corrected chi connectivity index (χ4v) is 3.62. The van der Waals surface area contributed by atoms with Crippen LogP contribution in [0.25, 0.3) is 5.82 Å². The van der Waals surface area contributed by atoms with Crippen molar-refractivity contribution in [2.75, 3.05) is 44.3 Å². The molecule has 0 unspecified atom stereocenters. The fraction of sp³-hybridized carbons (Fsp3) is 0.556. The first kappa shape index (κ1) is 17.0. The van der Waals surface area contributed by atoms with Crippen molar-refractivity contribution in [3.8, 4) is 5.82 Å². The Morgan fingerprint density at radius 3 is 2.50 bits per heavy atom. The van der Waals surface area contributed by atoms with Crippen molar-refractivity contribution in [2.45, 2.75) is 19.8 Å². The first-order valence-electron chi connectivity index (χ1n) is 9.16. The van der Waals surface area contributed by atoms with Gasteiger partial charge in [-0.3, -0.25) is 9.36 Å². The largest absolute Gasteiger partial charge is 0.381 e. The Bertz CT molecular complexity index is 763. The van der Waals surface area contributed by atoms with Gasteiger partial charge in [-0.25, -0.2) is 15.0 Å². The molecule has 2 aromatic heterocycles. The molecule has 0 aliphatic carbocycles. The molecular formula is C18H24N6O2. The molecule has 1 amide bonds. The molecule has 4 rings (SSSR count). The standard InChI is InChI=1S/C18H24N6O2/c1-14-19-4-5-24(14)17-12-16(20-13-21-17)22-6-8-23(9-7-22)18(25)15-2-10-26-11-3-15/h4-5,12-13,15H,2-3,6-11H2,1H3. The molecule has 0 atom stereocenters. The number of piperazine rings is 1. The number of hydrogen-bond acceptors (Lipinski definition) is 6. The Kier molecular flexibility index (Phi) is 4.83. The van der Waals surface area contributed by atoms with Gasteiger partial charge in [-0.1, -0.05) is 0 Å². The number of ether oxygens (including phenoxy) is 1. The maximum atomic E-state index is 12.7. The Morgan fingerprint density at radius 2 is 1.81 bits per heavy atom. The summed E-state index contributed by atoms with van der Waals surface area (Å²) in [6.07, 6.45) is 6.94. The highest BCUT2D eigenvalue weighted by atomic mass is 16.5. The van der Waals surface area contributed by atoms with Crippen LogP contribution >= 0.6 is 0 Å². The molecule has 0 saturated carbocycles. The topological polar surface area (TPSA) is 76.4 Å². The van der Waals surface area contributed by atoms with Gasteiger partial charge in [0.25, 0.3) is 0 Å². The van der Waals surface area contributed by atoms with Gasteiger partial charge in [0.2, 0.25) is 5.91 Å². The van der Waals surface area contributed by atoms with Gasteiger partial charge in [0.1, 0.15) is 23.8 Å². The highest BCUT2D eigenvalue weighted by Gasteiger charge is 2.29. The quantitative estimate of drug-likeness (QED) is 0.818. The van der Waals surface area contributed by atoms with Gasteiger partial charge < -0.3 is 14.5 Å². The predicted molar refractivity (Wildman–Crippen MR) is 96.2 cm³/mol. The molecule has 8 nitrogen and oxygen atoms in total. The molecular weight excluding hydrogens is 332 g/mol. The number of aromatic nitrogens is 4. The number of imidazole rings is 1. The number of carbonyl (C=O) groups excluding carboxylic acids is 1. The minimum absolute atomic E-state index is 0.130. The van der Waals surface area contributed by atoms with Crippen LogP contribution in [0.2, 0.25) is 0 Å². The number of carbonyl (C=O) groups is 1. The van der Waals surface area contributed by atoms with E-state index in [4.69, 9.17) is 4.74 Å². The number of aryl methyl sites for hydroxylation is 1. The average molecular weight is 356 g/mol. The second kappa shape index (κ2) is 7.41. The van der Waals surface area contributed by atoms with Crippen LogP contribution in [0, 0.1) is 12.8 Å². The third-order valence-electron chi connectivity index (χ3n) is 5.20. The lowest BCUT2D eigenvalue weighted by molar-refractivity contribution is -0.138. The van der Waals surface area contributed by atoms with Gasteiger partial charge in [0.05, 0.1) is 0 Å². The van der Waals surface area contributed by atoms with Gasteiger partial charge in [-0.05, 0) is 19.8 Å². The summed E-state index contributed by atoms with van der Waals surface area (Å²) in [6, 6.07) is 1.98. The second-order valence-electron chi connectivity index (χ2n) is 6.78. The second-order valence-corrected chi connectivity index (χ2v) is 6.78. The van der Waals surface area contributed by atoms with E-state index in [9.17, 15) is 4.79 Å². The van der Waals surface area contributed by atoms with Gasteiger partial charge in [-0.15, -0.1) is 0 Å². The average Bonchev–Trinajstić information content (AvgIpc) is 3.14. The summed E-state index contributed by atoms with van der Waals surface area (Å²) < 4.78 is 7.30. The smallest absolute Gasteiger partial charge is 0.225 e. The van der Waals surface area contributed by atoms with E-state index in [2.05, 4.69) is 19.9 Å². The molecule has 2 fully saturated rings. The van der Waals surface area contributed by atoms with Crippen molar-refractivity contribution in [1.82, 2.24) is 24.4 Å². The van der Waals surface area contributed by atoms with Crippen LogP contribution in [-0.4, -0.2) is 69.7 Å². The molecule has 2 aliphatic heterocycles. The van der Waals surface area contributed by atoms with E-state index < -0.39 is 0 Å². The zero-order valence-electron chi connectivity index (χ0n) is 15.0. The van der Waals surface area contributed by atoms with Crippen molar-refractivity contribution in [3.63, 3.8) is 0 Å². The van der Waals surface area contributed by atoms with Gasteiger partial charge in [0.15, 0.2) is 0 Å². The first-order valence-corrected chi connectivity index (χ1v) is 9.16. The maximum Gasteiger partial charge on any atom is 0.225 e. The van der Waals surface area contributed by atoms with Gasteiger partial charge in [-0.2, -0.15) is 0 Å². The van der Waals surface area contributed by atoms with Gasteiger partial charge in [0, 0.05) is 63.8 Å². The fourth-order valence-electron chi connectivity index (χ4n) is 3.62. The van der Waals surface area contributed by atoms with E-state index in [-0.39, 0.29) is 11.8 Å². The minimum atomic E-state index is 0.130. The molecule has 0 spiro atoms. The highest BCUT2D eigenvalue weighted by Crippen LogP contribution is 2.21. The Labute approximate surface area is 152 Å². The van der Waals surface area contributed by atoms with Crippen LogP contribution in [0.1, 0.15) is 18.7 Å². The zero-order valence-corrected chi connectivity index (χ0v) is 15.0. The summed E-state index contributed by atoms with van der Waals surface area (Å²) >= 11 is 0. The molecule has 4 heterocycles. The molecule has 8 heteroatoms. The predicted octanol–water partition coefficient (Wildman–Crippen LogP) is 1.05. The molecule has 2 aliphatic rings. The monoisotopic (exact) mass is 356 g/mol. The highest BCUT2D eigenvalue weighted by molar-refractivity contribution is 5.79. The summed E-state index contributed by atoms with van der Waals surface area (Å²) in [4.78, 5) is 29.9. The summed E-state index contributed by atoms with van der Waals surface area (Å²) in [5.41, 5.74) is 0.